The molecule has 1 N–H and O–H groups in total. The van der Waals surface area contributed by atoms with E-state index < -0.39 is 0 Å². The number of fused-ring (bicyclic) bond motifs is 1. The monoisotopic (exact) mass is 433 g/mol. The number of aryl methyl sites for hydroxylation is 2. The number of aliphatic imine (C=N–C) groups is 1. The van der Waals surface area contributed by atoms with Crippen molar-refractivity contribution in [3.8, 4) is 0 Å². The molecule has 1 atom stereocenters. The van der Waals surface area contributed by atoms with Crippen molar-refractivity contribution in [1.82, 2.24) is 5.32 Å². The smallest absolute Gasteiger partial charge is 0.264 e. The number of amidine groups is 1. The molecule has 0 unspecified atom stereocenters. The number of thioether (sulfide) groups is 1. The van der Waals surface area contributed by atoms with E-state index in [1.165, 1.54) is 28.6 Å². The topological polar surface area (TPSA) is 44.7 Å². The first-order valence-electron chi connectivity index (χ1n) is 11.0. The van der Waals surface area contributed by atoms with Gasteiger partial charge in [0.05, 0.1) is 10.6 Å². The maximum Gasteiger partial charge on any atom is 0.264 e. The maximum atomic E-state index is 12.6. The fourth-order valence-electron chi connectivity index (χ4n) is 4.82. The van der Waals surface area contributed by atoms with Crippen LogP contribution in [-0.4, -0.2) is 23.2 Å². The molecule has 0 spiro atoms. The lowest BCUT2D eigenvalue weighted by Gasteiger charge is -2.47. The molecule has 0 aliphatic carbocycles. The van der Waals surface area contributed by atoms with Crippen molar-refractivity contribution in [2.75, 3.05) is 11.4 Å². The van der Waals surface area contributed by atoms with E-state index in [0.29, 0.717) is 16.0 Å². The Kier molecular flexibility index (Phi) is 5.73. The van der Waals surface area contributed by atoms with E-state index in [1.54, 1.807) is 0 Å². The minimum Gasteiger partial charge on any atom is -0.366 e. The van der Waals surface area contributed by atoms with Crippen LogP contribution in [0.15, 0.2) is 46.3 Å². The van der Waals surface area contributed by atoms with Gasteiger partial charge in [-0.2, -0.15) is 0 Å². The van der Waals surface area contributed by atoms with Gasteiger partial charge in [-0.25, -0.2) is 4.99 Å². The molecule has 1 saturated heterocycles. The summed E-state index contributed by atoms with van der Waals surface area (Å²) in [7, 11) is 0. The minimum atomic E-state index is -0.0844. The molecular weight excluding hydrogens is 402 g/mol. The number of hydrogen-bond acceptors (Lipinski definition) is 4. The summed E-state index contributed by atoms with van der Waals surface area (Å²) in [5.74, 6) is 0.396. The van der Waals surface area contributed by atoms with E-state index in [0.717, 1.165) is 29.8 Å². The van der Waals surface area contributed by atoms with Crippen molar-refractivity contribution in [3.05, 3.63) is 63.6 Å². The lowest BCUT2D eigenvalue weighted by Crippen LogP contribution is -2.48. The lowest BCUT2D eigenvalue weighted by molar-refractivity contribution is -0.115. The Morgan fingerprint density at radius 1 is 1.23 bits per heavy atom. The summed E-state index contributed by atoms with van der Waals surface area (Å²) in [6.45, 7) is 14.3. The van der Waals surface area contributed by atoms with Crippen molar-refractivity contribution in [2.45, 2.75) is 59.4 Å². The van der Waals surface area contributed by atoms with Crippen molar-refractivity contribution in [2.24, 2.45) is 4.99 Å². The van der Waals surface area contributed by atoms with Crippen LogP contribution in [0.4, 0.5) is 11.4 Å². The normalized spacial score (nSPS) is 22.7. The second-order valence-corrected chi connectivity index (χ2v) is 10.2. The molecule has 31 heavy (non-hydrogen) atoms. The molecule has 2 aliphatic heterocycles. The number of nitrogens with zero attached hydrogens (tertiary/aromatic N) is 2. The molecule has 1 fully saturated rings. The molecule has 162 valence electrons. The van der Waals surface area contributed by atoms with Gasteiger partial charge in [0.2, 0.25) is 0 Å². The number of anilines is 1. The van der Waals surface area contributed by atoms with Gasteiger partial charge in [-0.15, -0.1) is 0 Å². The lowest BCUT2D eigenvalue weighted by atomic mass is 9.79. The SMILES string of the molecule is CCN1c2cc(C)c(/C=C3\SC(=Nc4ccccc4C)NC3=O)cc2[C@@H](C)CC1(C)C. The van der Waals surface area contributed by atoms with E-state index in [-0.39, 0.29) is 11.4 Å². The van der Waals surface area contributed by atoms with Crippen LogP contribution in [0.1, 0.15) is 62.3 Å². The zero-order chi connectivity index (χ0) is 22.3. The third-order valence-corrected chi connectivity index (χ3v) is 7.27. The Hall–Kier alpha value is -2.53. The number of carbonyl (C=O) groups is 1. The van der Waals surface area contributed by atoms with Crippen LogP contribution >= 0.6 is 11.8 Å². The van der Waals surface area contributed by atoms with Crippen molar-refractivity contribution in [1.29, 1.82) is 0 Å². The van der Waals surface area contributed by atoms with Gasteiger partial charge in [-0.05, 0) is 105 Å². The molecule has 4 rings (SSSR count). The van der Waals surface area contributed by atoms with E-state index in [2.05, 4.69) is 62.0 Å². The Morgan fingerprint density at radius 3 is 2.68 bits per heavy atom. The van der Waals surface area contributed by atoms with Gasteiger partial charge in [0, 0.05) is 17.8 Å². The number of carbonyl (C=O) groups excluding carboxylic acids is 1. The predicted octanol–water partition coefficient (Wildman–Crippen LogP) is 6.31. The van der Waals surface area contributed by atoms with Gasteiger partial charge in [0.1, 0.15) is 0 Å². The summed E-state index contributed by atoms with van der Waals surface area (Å²) in [5.41, 5.74) is 7.11. The Morgan fingerprint density at radius 2 is 1.97 bits per heavy atom. The average molecular weight is 434 g/mol. The van der Waals surface area contributed by atoms with Gasteiger partial charge >= 0.3 is 0 Å². The summed E-state index contributed by atoms with van der Waals surface area (Å²) in [6, 6.07) is 12.5. The zero-order valence-corrected chi connectivity index (χ0v) is 20.1. The number of para-hydroxylation sites is 1. The first-order chi connectivity index (χ1) is 14.7. The molecule has 0 aromatic heterocycles. The standard InChI is InChI=1S/C26H31N3OS/c1-7-29-22-12-17(3)19(13-20(22)18(4)15-26(29,5)6)14-23-24(30)28-25(31-23)27-21-11-9-8-10-16(21)2/h8-14,18H,7,15H2,1-6H3,(H,27,28,30)/b23-14-/t18-/m0/s1. The molecular formula is C26H31N3OS. The molecule has 2 aliphatic rings. The average Bonchev–Trinajstić information content (AvgIpc) is 3.03. The fraction of sp³-hybridized carbons (Fsp3) is 0.385. The quantitative estimate of drug-likeness (QED) is 0.577. The van der Waals surface area contributed by atoms with E-state index in [9.17, 15) is 4.79 Å². The van der Waals surface area contributed by atoms with Gasteiger partial charge in [-0.3, -0.25) is 4.79 Å². The zero-order valence-electron chi connectivity index (χ0n) is 19.2. The maximum absolute atomic E-state index is 12.6. The van der Waals surface area contributed by atoms with Gasteiger partial charge in [0.25, 0.3) is 5.91 Å². The summed E-state index contributed by atoms with van der Waals surface area (Å²) in [4.78, 5) is 20.5. The van der Waals surface area contributed by atoms with Crippen LogP contribution in [0.5, 0.6) is 0 Å². The van der Waals surface area contributed by atoms with Gasteiger partial charge in [-0.1, -0.05) is 25.1 Å². The predicted molar refractivity (Wildman–Crippen MR) is 133 cm³/mol. The van der Waals surface area contributed by atoms with E-state index >= 15 is 0 Å². The molecule has 2 aromatic carbocycles. The first kappa shape index (κ1) is 21.7. The van der Waals surface area contributed by atoms with Crippen LogP contribution in [0.2, 0.25) is 0 Å². The summed E-state index contributed by atoms with van der Waals surface area (Å²) in [6.07, 6.45) is 3.13. The largest absolute Gasteiger partial charge is 0.366 e. The highest BCUT2D eigenvalue weighted by molar-refractivity contribution is 8.18. The molecule has 2 heterocycles. The fourth-order valence-corrected chi connectivity index (χ4v) is 5.65. The first-order valence-corrected chi connectivity index (χ1v) is 11.8. The molecule has 1 amide bonds. The highest BCUT2D eigenvalue weighted by atomic mass is 32.2. The Balaban J connectivity index is 1.68. The Labute approximate surface area is 189 Å². The number of nitrogens with one attached hydrogen (secondary N) is 1. The van der Waals surface area contributed by atoms with Crippen LogP contribution in [-0.2, 0) is 4.79 Å². The third kappa shape index (κ3) is 4.16. The van der Waals surface area contributed by atoms with E-state index in [4.69, 9.17) is 0 Å². The summed E-state index contributed by atoms with van der Waals surface area (Å²) >= 11 is 1.41. The van der Waals surface area contributed by atoms with Gasteiger partial charge in [0.15, 0.2) is 5.17 Å². The number of rotatable bonds is 3. The van der Waals surface area contributed by atoms with E-state index in [1.807, 2.05) is 37.3 Å². The second-order valence-electron chi connectivity index (χ2n) is 9.20. The van der Waals surface area contributed by atoms with Gasteiger partial charge < -0.3 is 10.2 Å². The molecule has 0 saturated carbocycles. The third-order valence-electron chi connectivity index (χ3n) is 6.36. The van der Waals surface area contributed by atoms with Crippen molar-refractivity contribution >= 4 is 40.3 Å². The molecule has 0 bridgehead atoms. The van der Waals surface area contributed by atoms with Crippen LogP contribution < -0.4 is 10.2 Å². The highest BCUT2D eigenvalue weighted by Gasteiger charge is 2.36. The number of benzene rings is 2. The molecule has 5 heteroatoms. The Bertz CT molecular complexity index is 1100. The minimum absolute atomic E-state index is 0.0844. The van der Waals surface area contributed by atoms with Crippen molar-refractivity contribution in [3.63, 3.8) is 0 Å². The number of amides is 1. The molecule has 4 nitrogen and oxygen atoms in total. The van der Waals surface area contributed by atoms with Crippen molar-refractivity contribution < 1.29 is 4.79 Å². The molecule has 0 radical (unpaired) electrons. The van der Waals surface area contributed by atoms with Crippen LogP contribution in [0.3, 0.4) is 0 Å². The summed E-state index contributed by atoms with van der Waals surface area (Å²) in [5, 5.41) is 3.55. The van der Waals surface area contributed by atoms with Crippen LogP contribution in [0, 0.1) is 13.8 Å². The second kappa shape index (κ2) is 8.19. The van der Waals surface area contributed by atoms with Crippen LogP contribution in [0.25, 0.3) is 6.08 Å². The summed E-state index contributed by atoms with van der Waals surface area (Å²) < 4.78 is 0. The number of hydrogen-bond donors (Lipinski definition) is 1. The molecule has 2 aromatic rings. The highest BCUT2D eigenvalue weighted by Crippen LogP contribution is 2.44.